The van der Waals surface area contributed by atoms with Crippen molar-refractivity contribution in [2.75, 3.05) is 32.2 Å². The zero-order chi connectivity index (χ0) is 18.6. The summed E-state index contributed by atoms with van der Waals surface area (Å²) in [4.78, 5) is 12.0. The first-order chi connectivity index (χ1) is 12.5. The Labute approximate surface area is 151 Å². The largest absolute Gasteiger partial charge is 0.497 e. The average Bonchev–Trinajstić information content (AvgIpc) is 2.67. The van der Waals surface area contributed by atoms with Crippen LogP contribution in [-0.4, -0.2) is 41.2 Å². The van der Waals surface area contributed by atoms with Crippen molar-refractivity contribution in [2.24, 2.45) is 0 Å². The van der Waals surface area contributed by atoms with Crippen LogP contribution in [0.1, 0.15) is 0 Å². The zero-order valence-corrected chi connectivity index (χ0v) is 14.8. The van der Waals surface area contributed by atoms with Gasteiger partial charge in [-0.3, -0.25) is 4.79 Å². The molecule has 0 atom stereocenters. The van der Waals surface area contributed by atoms with Crippen molar-refractivity contribution in [1.82, 2.24) is 4.72 Å². The van der Waals surface area contributed by atoms with Gasteiger partial charge in [0.15, 0.2) is 11.5 Å². The van der Waals surface area contributed by atoms with E-state index in [1.165, 1.54) is 18.2 Å². The molecule has 138 valence electrons. The van der Waals surface area contributed by atoms with Gasteiger partial charge in [0.2, 0.25) is 15.9 Å². The Kier molecular flexibility index (Phi) is 5.29. The number of amides is 1. The van der Waals surface area contributed by atoms with Crippen LogP contribution >= 0.6 is 0 Å². The van der Waals surface area contributed by atoms with Crippen molar-refractivity contribution < 1.29 is 27.4 Å². The molecule has 0 spiro atoms. The molecule has 1 aliphatic heterocycles. The second-order valence-electron chi connectivity index (χ2n) is 5.41. The quantitative estimate of drug-likeness (QED) is 0.787. The lowest BCUT2D eigenvalue weighted by Crippen LogP contribution is -2.33. The van der Waals surface area contributed by atoms with Gasteiger partial charge in [0.25, 0.3) is 0 Å². The first-order valence-electron chi connectivity index (χ1n) is 7.81. The van der Waals surface area contributed by atoms with E-state index in [0.717, 1.165) is 0 Å². The predicted octanol–water partition coefficient (Wildman–Crippen LogP) is 1.38. The van der Waals surface area contributed by atoms with E-state index < -0.39 is 22.5 Å². The average molecular weight is 378 g/mol. The lowest BCUT2D eigenvalue weighted by atomic mass is 10.3. The van der Waals surface area contributed by atoms with E-state index >= 15 is 0 Å². The summed E-state index contributed by atoms with van der Waals surface area (Å²) in [5.41, 5.74) is 0.536. The van der Waals surface area contributed by atoms with Crippen molar-refractivity contribution in [3.8, 4) is 17.2 Å². The van der Waals surface area contributed by atoms with Crippen molar-refractivity contribution in [1.29, 1.82) is 0 Å². The van der Waals surface area contributed by atoms with Crippen molar-refractivity contribution in [2.45, 2.75) is 4.90 Å². The fourth-order valence-corrected chi connectivity index (χ4v) is 3.31. The Hall–Kier alpha value is -2.78. The van der Waals surface area contributed by atoms with Crippen LogP contribution in [0.15, 0.2) is 47.4 Å². The molecular formula is C17H18N2O6S. The molecule has 1 aliphatic rings. The van der Waals surface area contributed by atoms with Crippen LogP contribution in [0, 0.1) is 0 Å². The van der Waals surface area contributed by atoms with Crippen LogP contribution in [0.25, 0.3) is 0 Å². The van der Waals surface area contributed by atoms with Gasteiger partial charge < -0.3 is 19.5 Å². The maximum Gasteiger partial charge on any atom is 0.241 e. The Balaban J connectivity index is 1.61. The van der Waals surface area contributed by atoms with Crippen molar-refractivity contribution >= 4 is 21.6 Å². The van der Waals surface area contributed by atoms with E-state index in [0.29, 0.717) is 36.1 Å². The van der Waals surface area contributed by atoms with Gasteiger partial charge in [-0.2, -0.15) is 0 Å². The number of benzene rings is 2. The first-order valence-corrected chi connectivity index (χ1v) is 9.29. The number of carbonyl (C=O) groups excluding carboxylic acids is 1. The highest BCUT2D eigenvalue weighted by Crippen LogP contribution is 2.32. The number of hydrogen-bond donors (Lipinski definition) is 2. The fourth-order valence-electron chi connectivity index (χ4n) is 2.31. The molecule has 26 heavy (non-hydrogen) atoms. The summed E-state index contributed by atoms with van der Waals surface area (Å²) in [5.74, 6) is 1.02. The molecule has 0 unspecified atom stereocenters. The molecule has 0 bridgehead atoms. The van der Waals surface area contributed by atoms with E-state index in [-0.39, 0.29) is 4.90 Å². The second kappa shape index (κ2) is 7.63. The molecule has 3 rings (SSSR count). The van der Waals surface area contributed by atoms with Gasteiger partial charge in [-0.25, -0.2) is 13.1 Å². The minimum absolute atomic E-state index is 0.000928. The molecule has 0 saturated carbocycles. The molecule has 8 nitrogen and oxygen atoms in total. The molecule has 0 aliphatic carbocycles. The van der Waals surface area contributed by atoms with Gasteiger partial charge in [0, 0.05) is 11.8 Å². The Morgan fingerprint density at radius 3 is 2.46 bits per heavy atom. The lowest BCUT2D eigenvalue weighted by Gasteiger charge is -2.18. The second-order valence-corrected chi connectivity index (χ2v) is 7.17. The van der Waals surface area contributed by atoms with E-state index in [1.54, 1.807) is 31.4 Å². The van der Waals surface area contributed by atoms with Gasteiger partial charge in [-0.15, -0.1) is 0 Å². The van der Waals surface area contributed by atoms with Crippen LogP contribution < -0.4 is 24.2 Å². The number of rotatable bonds is 6. The number of carbonyl (C=O) groups is 1. The summed E-state index contributed by atoms with van der Waals surface area (Å²) < 4.78 is 42.7. The SMILES string of the molecule is COc1ccc(NC(=O)CNS(=O)(=O)c2ccc3c(c2)OCCO3)cc1. The summed E-state index contributed by atoms with van der Waals surface area (Å²) in [6.45, 7) is 0.375. The predicted molar refractivity (Wildman–Crippen MR) is 94.2 cm³/mol. The number of hydrogen-bond acceptors (Lipinski definition) is 6. The molecule has 2 N–H and O–H groups in total. The minimum Gasteiger partial charge on any atom is -0.497 e. The zero-order valence-electron chi connectivity index (χ0n) is 14.0. The number of nitrogens with one attached hydrogen (secondary N) is 2. The molecule has 2 aromatic rings. The number of ether oxygens (including phenoxy) is 3. The van der Waals surface area contributed by atoms with Crippen LogP contribution in [0.4, 0.5) is 5.69 Å². The number of anilines is 1. The third-order valence-corrected chi connectivity index (χ3v) is 5.02. The smallest absolute Gasteiger partial charge is 0.241 e. The highest BCUT2D eigenvalue weighted by Gasteiger charge is 2.20. The number of methoxy groups -OCH3 is 1. The Morgan fingerprint density at radius 2 is 1.77 bits per heavy atom. The third kappa shape index (κ3) is 4.24. The van der Waals surface area contributed by atoms with Gasteiger partial charge in [0.1, 0.15) is 19.0 Å². The van der Waals surface area contributed by atoms with Crippen molar-refractivity contribution in [3.63, 3.8) is 0 Å². The summed E-state index contributed by atoms with van der Waals surface area (Å²) in [6, 6.07) is 11.0. The molecule has 1 heterocycles. The maximum atomic E-state index is 12.4. The first kappa shape index (κ1) is 18.0. The van der Waals surface area contributed by atoms with Gasteiger partial charge in [-0.1, -0.05) is 0 Å². The van der Waals surface area contributed by atoms with Crippen LogP contribution in [0.5, 0.6) is 17.2 Å². The summed E-state index contributed by atoms with van der Waals surface area (Å²) in [6.07, 6.45) is 0. The van der Waals surface area contributed by atoms with Crippen LogP contribution in [0.3, 0.4) is 0 Å². The van der Waals surface area contributed by atoms with Gasteiger partial charge >= 0.3 is 0 Å². The molecular weight excluding hydrogens is 360 g/mol. The standard InChI is InChI=1S/C17H18N2O6S/c1-23-13-4-2-12(3-5-13)19-17(20)11-18-26(21,22)14-6-7-15-16(10-14)25-9-8-24-15/h2-7,10,18H,8-9,11H2,1H3,(H,19,20). The summed E-state index contributed by atoms with van der Waals surface area (Å²) in [5, 5.41) is 2.60. The van der Waals surface area contributed by atoms with E-state index in [9.17, 15) is 13.2 Å². The molecule has 1 amide bonds. The highest BCUT2D eigenvalue weighted by atomic mass is 32.2. The Morgan fingerprint density at radius 1 is 1.08 bits per heavy atom. The third-order valence-electron chi connectivity index (χ3n) is 3.62. The molecule has 2 aromatic carbocycles. The fraction of sp³-hybridized carbons (Fsp3) is 0.235. The summed E-state index contributed by atoms with van der Waals surface area (Å²) in [7, 11) is -2.32. The molecule has 0 aromatic heterocycles. The number of sulfonamides is 1. The molecule has 0 fully saturated rings. The van der Waals surface area contributed by atoms with E-state index in [1.807, 2.05) is 0 Å². The van der Waals surface area contributed by atoms with Crippen molar-refractivity contribution in [3.05, 3.63) is 42.5 Å². The number of fused-ring (bicyclic) bond motifs is 1. The van der Waals surface area contributed by atoms with Gasteiger partial charge in [0.05, 0.1) is 18.6 Å². The maximum absolute atomic E-state index is 12.4. The molecule has 9 heteroatoms. The minimum atomic E-state index is -3.86. The van der Waals surface area contributed by atoms with Crippen LogP contribution in [0.2, 0.25) is 0 Å². The highest BCUT2D eigenvalue weighted by molar-refractivity contribution is 7.89. The lowest BCUT2D eigenvalue weighted by molar-refractivity contribution is -0.115. The molecule has 0 radical (unpaired) electrons. The van der Waals surface area contributed by atoms with E-state index in [2.05, 4.69) is 10.0 Å². The van der Waals surface area contributed by atoms with Gasteiger partial charge in [-0.05, 0) is 36.4 Å². The normalized spacial score (nSPS) is 13.1. The van der Waals surface area contributed by atoms with Crippen LogP contribution in [-0.2, 0) is 14.8 Å². The monoisotopic (exact) mass is 378 g/mol. The van der Waals surface area contributed by atoms with E-state index in [4.69, 9.17) is 14.2 Å². The Bertz CT molecular complexity index is 896. The topological polar surface area (TPSA) is 103 Å². The summed E-state index contributed by atoms with van der Waals surface area (Å²) >= 11 is 0. The molecule has 0 saturated heterocycles.